The first-order valence-electron chi connectivity index (χ1n) is 7.00. The molecule has 8 nitrogen and oxygen atoms in total. The van der Waals surface area contributed by atoms with Crippen molar-refractivity contribution >= 4 is 12.0 Å². The molecule has 8 heteroatoms. The number of hydrogen-bond donors (Lipinski definition) is 3. The molecule has 0 aliphatic heterocycles. The lowest BCUT2D eigenvalue weighted by molar-refractivity contribution is -0.141. The van der Waals surface area contributed by atoms with Gasteiger partial charge in [0.05, 0.1) is 12.5 Å². The first kappa shape index (κ1) is 16.9. The molecule has 2 atom stereocenters. The van der Waals surface area contributed by atoms with Gasteiger partial charge in [-0.2, -0.15) is 0 Å². The van der Waals surface area contributed by atoms with Crippen LogP contribution < -0.4 is 10.6 Å². The summed E-state index contributed by atoms with van der Waals surface area (Å²) < 4.78 is 1.73. The van der Waals surface area contributed by atoms with E-state index < -0.39 is 5.97 Å². The van der Waals surface area contributed by atoms with Crippen molar-refractivity contribution in [2.24, 2.45) is 13.0 Å². The van der Waals surface area contributed by atoms with Gasteiger partial charge in [0, 0.05) is 13.1 Å². The number of carbonyl (C=O) groups excluding carboxylic acids is 1. The predicted octanol–water partition coefficient (Wildman–Crippen LogP) is 0.894. The van der Waals surface area contributed by atoms with Gasteiger partial charge in [-0.3, -0.25) is 4.79 Å². The maximum atomic E-state index is 11.7. The van der Waals surface area contributed by atoms with E-state index in [-0.39, 0.29) is 18.0 Å². The average molecular weight is 297 g/mol. The average Bonchev–Trinajstić information content (AvgIpc) is 2.81. The highest BCUT2D eigenvalue weighted by Gasteiger charge is 2.12. The van der Waals surface area contributed by atoms with Gasteiger partial charge >= 0.3 is 12.0 Å². The Morgan fingerprint density at radius 3 is 2.67 bits per heavy atom. The Kier molecular flexibility index (Phi) is 6.64. The molecule has 0 aliphatic carbocycles. The van der Waals surface area contributed by atoms with Crippen molar-refractivity contribution in [2.75, 3.05) is 0 Å². The van der Waals surface area contributed by atoms with Gasteiger partial charge in [0.25, 0.3) is 0 Å². The predicted molar refractivity (Wildman–Crippen MR) is 76.5 cm³/mol. The zero-order valence-corrected chi connectivity index (χ0v) is 12.7. The Bertz CT molecular complexity index is 474. The zero-order chi connectivity index (χ0) is 15.8. The second kappa shape index (κ2) is 8.23. The number of aryl methyl sites for hydroxylation is 1. The molecular formula is C13H23N5O3. The molecule has 0 fully saturated rings. The molecule has 1 aromatic heterocycles. The fourth-order valence-electron chi connectivity index (χ4n) is 1.83. The highest BCUT2D eigenvalue weighted by Crippen LogP contribution is 2.09. The lowest BCUT2D eigenvalue weighted by Crippen LogP contribution is -2.40. The zero-order valence-electron chi connectivity index (χ0n) is 12.7. The van der Waals surface area contributed by atoms with Gasteiger partial charge in [0.1, 0.15) is 6.33 Å². The standard InChI is InChI=1S/C13H23N5O3/c1-9(12(19)20)5-4-6-10(2)16-13(21)14-7-11-17-15-8-18(11)3/h8-10H,4-7H2,1-3H3,(H,19,20)(H2,14,16,21). The molecule has 21 heavy (non-hydrogen) atoms. The van der Waals surface area contributed by atoms with Gasteiger partial charge in [-0.1, -0.05) is 13.3 Å². The Balaban J connectivity index is 2.19. The molecule has 1 aromatic rings. The van der Waals surface area contributed by atoms with Crippen LogP contribution in [0.4, 0.5) is 4.79 Å². The van der Waals surface area contributed by atoms with Crippen LogP contribution in [0.2, 0.25) is 0 Å². The van der Waals surface area contributed by atoms with Crippen LogP contribution in [-0.2, 0) is 18.4 Å². The maximum absolute atomic E-state index is 11.7. The minimum atomic E-state index is -0.781. The van der Waals surface area contributed by atoms with Gasteiger partial charge in [0.2, 0.25) is 0 Å². The molecule has 1 rings (SSSR count). The van der Waals surface area contributed by atoms with Gasteiger partial charge < -0.3 is 20.3 Å². The number of rotatable bonds is 8. The number of carboxylic acid groups (broad SMARTS) is 1. The summed E-state index contributed by atoms with van der Waals surface area (Å²) in [6.07, 6.45) is 3.69. The summed E-state index contributed by atoms with van der Waals surface area (Å²) >= 11 is 0. The van der Waals surface area contributed by atoms with Crippen LogP contribution in [0.3, 0.4) is 0 Å². The van der Waals surface area contributed by atoms with Crippen LogP contribution in [0.1, 0.15) is 38.9 Å². The SMILES string of the molecule is CC(CCCC(C)C(=O)O)NC(=O)NCc1nncn1C. The molecule has 0 spiro atoms. The van der Waals surface area contributed by atoms with E-state index in [0.717, 1.165) is 12.8 Å². The van der Waals surface area contributed by atoms with E-state index in [1.807, 2.05) is 6.92 Å². The van der Waals surface area contributed by atoms with Crippen LogP contribution in [0.15, 0.2) is 6.33 Å². The first-order valence-corrected chi connectivity index (χ1v) is 7.00. The normalized spacial score (nSPS) is 13.5. The molecule has 0 aliphatic rings. The van der Waals surface area contributed by atoms with E-state index in [4.69, 9.17) is 5.11 Å². The maximum Gasteiger partial charge on any atom is 0.315 e. The first-order chi connectivity index (χ1) is 9.90. The largest absolute Gasteiger partial charge is 0.481 e. The molecular weight excluding hydrogens is 274 g/mol. The molecule has 0 aromatic carbocycles. The van der Waals surface area contributed by atoms with Crippen LogP contribution in [-0.4, -0.2) is 37.9 Å². The molecule has 0 saturated carbocycles. The molecule has 1 heterocycles. The summed E-state index contributed by atoms with van der Waals surface area (Å²) in [7, 11) is 1.81. The molecule has 2 unspecified atom stereocenters. The van der Waals surface area contributed by atoms with E-state index in [0.29, 0.717) is 18.8 Å². The number of aliphatic carboxylic acids is 1. The van der Waals surface area contributed by atoms with Crippen molar-refractivity contribution in [3.63, 3.8) is 0 Å². The number of urea groups is 1. The molecule has 0 bridgehead atoms. The molecule has 2 amide bonds. The monoisotopic (exact) mass is 297 g/mol. The number of hydrogen-bond acceptors (Lipinski definition) is 4. The Labute approximate surface area is 123 Å². The van der Waals surface area contributed by atoms with Crippen molar-refractivity contribution in [3.05, 3.63) is 12.2 Å². The second-order valence-electron chi connectivity index (χ2n) is 5.26. The topological polar surface area (TPSA) is 109 Å². The van der Waals surface area contributed by atoms with Gasteiger partial charge in [-0.25, -0.2) is 4.79 Å². The summed E-state index contributed by atoms with van der Waals surface area (Å²) in [5, 5.41) is 21.9. The third kappa shape index (κ3) is 6.24. The lowest BCUT2D eigenvalue weighted by Gasteiger charge is -2.15. The Hall–Kier alpha value is -2.12. The molecule has 118 valence electrons. The third-order valence-corrected chi connectivity index (χ3v) is 3.29. The second-order valence-corrected chi connectivity index (χ2v) is 5.26. The van der Waals surface area contributed by atoms with Crippen molar-refractivity contribution in [2.45, 2.75) is 45.7 Å². The summed E-state index contributed by atoms with van der Waals surface area (Å²) in [5.74, 6) is -0.452. The Morgan fingerprint density at radius 2 is 2.10 bits per heavy atom. The molecule has 3 N–H and O–H groups in total. The lowest BCUT2D eigenvalue weighted by atomic mass is 10.0. The molecule has 0 saturated heterocycles. The number of nitrogens with zero attached hydrogens (tertiary/aromatic N) is 3. The third-order valence-electron chi connectivity index (χ3n) is 3.29. The van der Waals surface area contributed by atoms with Gasteiger partial charge in [0.15, 0.2) is 5.82 Å². The van der Waals surface area contributed by atoms with Gasteiger partial charge in [-0.15, -0.1) is 10.2 Å². The Morgan fingerprint density at radius 1 is 1.38 bits per heavy atom. The number of aromatic nitrogens is 3. The fraction of sp³-hybridized carbons (Fsp3) is 0.692. The summed E-state index contributed by atoms with van der Waals surface area (Å²) in [6, 6.07) is -0.276. The van der Waals surface area contributed by atoms with Gasteiger partial charge in [-0.05, 0) is 19.8 Å². The van der Waals surface area contributed by atoms with Crippen molar-refractivity contribution in [1.82, 2.24) is 25.4 Å². The van der Waals surface area contributed by atoms with E-state index in [1.165, 1.54) is 0 Å². The highest BCUT2D eigenvalue weighted by molar-refractivity contribution is 5.74. The number of amides is 2. The van der Waals surface area contributed by atoms with E-state index in [2.05, 4.69) is 20.8 Å². The highest BCUT2D eigenvalue weighted by atomic mass is 16.4. The minimum absolute atomic E-state index is 0.00880. The van der Waals surface area contributed by atoms with Crippen LogP contribution in [0, 0.1) is 5.92 Å². The van der Waals surface area contributed by atoms with Crippen LogP contribution >= 0.6 is 0 Å². The van der Waals surface area contributed by atoms with E-state index in [9.17, 15) is 9.59 Å². The van der Waals surface area contributed by atoms with E-state index in [1.54, 1.807) is 24.9 Å². The van der Waals surface area contributed by atoms with Crippen molar-refractivity contribution in [1.29, 1.82) is 0 Å². The number of carbonyl (C=O) groups is 2. The summed E-state index contributed by atoms with van der Waals surface area (Å²) in [4.78, 5) is 22.4. The fourth-order valence-corrected chi connectivity index (χ4v) is 1.83. The smallest absolute Gasteiger partial charge is 0.315 e. The van der Waals surface area contributed by atoms with Crippen LogP contribution in [0.25, 0.3) is 0 Å². The van der Waals surface area contributed by atoms with Crippen LogP contribution in [0.5, 0.6) is 0 Å². The summed E-state index contributed by atoms with van der Waals surface area (Å²) in [6.45, 7) is 3.90. The van der Waals surface area contributed by atoms with Crippen molar-refractivity contribution in [3.8, 4) is 0 Å². The number of nitrogens with one attached hydrogen (secondary N) is 2. The molecule has 0 radical (unpaired) electrons. The quantitative estimate of drug-likeness (QED) is 0.660. The number of carboxylic acids is 1. The van der Waals surface area contributed by atoms with E-state index >= 15 is 0 Å². The van der Waals surface area contributed by atoms with Crippen molar-refractivity contribution < 1.29 is 14.7 Å². The summed E-state index contributed by atoms with van der Waals surface area (Å²) in [5.41, 5.74) is 0. The minimum Gasteiger partial charge on any atom is -0.481 e.